The predicted octanol–water partition coefficient (Wildman–Crippen LogP) is 2.29. The van der Waals surface area contributed by atoms with Crippen molar-refractivity contribution in [2.24, 2.45) is 0 Å². The van der Waals surface area contributed by atoms with Gasteiger partial charge < -0.3 is 10.2 Å². The van der Waals surface area contributed by atoms with Gasteiger partial charge >= 0.3 is 0 Å². The maximum atomic E-state index is 12.1. The molecule has 6 heteroatoms. The van der Waals surface area contributed by atoms with Gasteiger partial charge in [0.05, 0.1) is 6.54 Å². The van der Waals surface area contributed by atoms with Gasteiger partial charge in [-0.15, -0.1) is 0 Å². The summed E-state index contributed by atoms with van der Waals surface area (Å²) >= 11 is 5.92. The lowest BCUT2D eigenvalue weighted by Crippen LogP contribution is -2.40. The summed E-state index contributed by atoms with van der Waals surface area (Å²) < 4.78 is 0. The van der Waals surface area contributed by atoms with Crippen molar-refractivity contribution in [3.63, 3.8) is 0 Å². The Labute approximate surface area is 130 Å². The minimum atomic E-state index is -0.308. The number of halogens is 1. The smallest absolute Gasteiger partial charge is 0.251 e. The fraction of sp³-hybridized carbons (Fsp3) is 0.533. The molecule has 0 spiro atoms. The first-order chi connectivity index (χ1) is 10.0. The summed E-state index contributed by atoms with van der Waals surface area (Å²) in [7, 11) is 0. The lowest BCUT2D eigenvalue weighted by atomic mass is 10.1. The molecule has 1 aromatic rings. The number of carbonyl (C=O) groups excluding carboxylic acids is 2. The highest BCUT2D eigenvalue weighted by molar-refractivity contribution is 6.29. The van der Waals surface area contributed by atoms with E-state index < -0.39 is 0 Å². The molecule has 1 heterocycles. The molecule has 0 radical (unpaired) electrons. The Morgan fingerprint density at radius 2 is 1.90 bits per heavy atom. The van der Waals surface area contributed by atoms with E-state index in [0.717, 1.165) is 18.5 Å². The molecule has 1 rings (SSSR count). The van der Waals surface area contributed by atoms with Gasteiger partial charge in [0.2, 0.25) is 5.91 Å². The van der Waals surface area contributed by atoms with Crippen molar-refractivity contribution in [3.05, 3.63) is 28.5 Å². The lowest BCUT2D eigenvalue weighted by molar-refractivity contribution is -0.129. The van der Waals surface area contributed by atoms with Gasteiger partial charge in [0.15, 0.2) is 0 Å². The molecule has 0 atom stereocenters. The molecule has 0 saturated carbocycles. The van der Waals surface area contributed by atoms with Gasteiger partial charge in [-0.05, 0) is 32.4 Å². The molecule has 1 aromatic heterocycles. The van der Waals surface area contributed by atoms with Crippen molar-refractivity contribution in [3.8, 4) is 0 Å². The Hall–Kier alpha value is -1.62. The van der Waals surface area contributed by atoms with E-state index in [0.29, 0.717) is 23.8 Å². The Balaban J connectivity index is 2.69. The summed E-state index contributed by atoms with van der Waals surface area (Å²) in [6, 6.07) is 3.23. The number of hydrogen-bond acceptors (Lipinski definition) is 3. The molecular formula is C15H22ClN3O2. The molecule has 0 fully saturated rings. The van der Waals surface area contributed by atoms with Crippen LogP contribution >= 0.6 is 11.6 Å². The van der Waals surface area contributed by atoms with Crippen LogP contribution in [0.3, 0.4) is 0 Å². The standard InChI is InChI=1S/C15H22ClN3O2/c1-4-7-12-8-11(9-13(16)18-12)15(21)17-10-14(20)19(5-2)6-3/h8-9H,4-7,10H2,1-3H3,(H,17,21). The van der Waals surface area contributed by atoms with Gasteiger partial charge in [-0.1, -0.05) is 24.9 Å². The summed E-state index contributed by atoms with van der Waals surface area (Å²) in [6.45, 7) is 7.10. The number of nitrogens with zero attached hydrogens (tertiary/aromatic N) is 2. The van der Waals surface area contributed by atoms with Crippen molar-refractivity contribution in [1.82, 2.24) is 15.2 Å². The van der Waals surface area contributed by atoms with Crippen LogP contribution < -0.4 is 5.32 Å². The quantitative estimate of drug-likeness (QED) is 0.786. The third kappa shape index (κ3) is 5.34. The van der Waals surface area contributed by atoms with Gasteiger partial charge in [0, 0.05) is 24.3 Å². The molecule has 21 heavy (non-hydrogen) atoms. The van der Waals surface area contributed by atoms with Crippen molar-refractivity contribution >= 4 is 23.4 Å². The molecule has 2 amide bonds. The third-order valence-electron chi connectivity index (χ3n) is 3.13. The van der Waals surface area contributed by atoms with E-state index in [9.17, 15) is 9.59 Å². The SMILES string of the molecule is CCCc1cc(C(=O)NCC(=O)N(CC)CC)cc(Cl)n1. The summed E-state index contributed by atoms with van der Waals surface area (Å²) in [5.74, 6) is -0.403. The Morgan fingerprint density at radius 3 is 2.48 bits per heavy atom. The molecule has 0 unspecified atom stereocenters. The van der Waals surface area contributed by atoms with Crippen molar-refractivity contribution in [2.75, 3.05) is 19.6 Å². The normalized spacial score (nSPS) is 10.3. The second-order valence-corrected chi connectivity index (χ2v) is 5.06. The highest BCUT2D eigenvalue weighted by Gasteiger charge is 2.13. The van der Waals surface area contributed by atoms with Gasteiger partial charge in [-0.25, -0.2) is 4.98 Å². The van der Waals surface area contributed by atoms with Crippen LogP contribution in [0.4, 0.5) is 0 Å². The number of nitrogens with one attached hydrogen (secondary N) is 1. The van der Waals surface area contributed by atoms with Gasteiger partial charge in [-0.2, -0.15) is 0 Å². The molecule has 0 aliphatic heterocycles. The fourth-order valence-electron chi connectivity index (χ4n) is 2.01. The average molecular weight is 312 g/mol. The first kappa shape index (κ1) is 17.4. The number of rotatable bonds is 7. The monoisotopic (exact) mass is 311 g/mol. The summed E-state index contributed by atoms with van der Waals surface area (Å²) in [5.41, 5.74) is 1.22. The Morgan fingerprint density at radius 1 is 1.24 bits per heavy atom. The van der Waals surface area contributed by atoms with Crippen LogP contribution in [0.25, 0.3) is 0 Å². The first-order valence-electron chi connectivity index (χ1n) is 7.24. The largest absolute Gasteiger partial charge is 0.343 e. The van der Waals surface area contributed by atoms with E-state index in [2.05, 4.69) is 10.3 Å². The topological polar surface area (TPSA) is 62.3 Å². The number of amides is 2. The second-order valence-electron chi connectivity index (χ2n) is 4.67. The van der Waals surface area contributed by atoms with E-state index in [1.807, 2.05) is 20.8 Å². The number of hydrogen-bond donors (Lipinski definition) is 1. The average Bonchev–Trinajstić information content (AvgIpc) is 2.45. The zero-order chi connectivity index (χ0) is 15.8. The second kappa shape index (κ2) is 8.62. The minimum Gasteiger partial charge on any atom is -0.343 e. The molecular weight excluding hydrogens is 290 g/mol. The van der Waals surface area contributed by atoms with Crippen LogP contribution in [0.5, 0.6) is 0 Å². The molecule has 0 aromatic carbocycles. The Bertz CT molecular complexity index is 502. The van der Waals surface area contributed by atoms with E-state index in [1.165, 1.54) is 6.07 Å². The number of likely N-dealkylation sites (N-methyl/N-ethyl adjacent to an activating group) is 1. The Kier molecular flexibility index (Phi) is 7.15. The van der Waals surface area contributed by atoms with E-state index >= 15 is 0 Å². The number of pyridine rings is 1. The zero-order valence-electron chi connectivity index (χ0n) is 12.8. The van der Waals surface area contributed by atoms with Crippen molar-refractivity contribution in [1.29, 1.82) is 0 Å². The highest BCUT2D eigenvalue weighted by Crippen LogP contribution is 2.12. The van der Waals surface area contributed by atoms with Crippen molar-refractivity contribution in [2.45, 2.75) is 33.6 Å². The summed E-state index contributed by atoms with van der Waals surface area (Å²) in [4.78, 5) is 29.8. The zero-order valence-corrected chi connectivity index (χ0v) is 13.5. The number of carbonyl (C=O) groups is 2. The fourth-order valence-corrected chi connectivity index (χ4v) is 2.24. The summed E-state index contributed by atoms with van der Waals surface area (Å²) in [5, 5.41) is 2.92. The maximum absolute atomic E-state index is 12.1. The van der Waals surface area contributed by atoms with Crippen molar-refractivity contribution < 1.29 is 9.59 Å². The van der Waals surface area contributed by atoms with E-state index in [4.69, 9.17) is 11.6 Å². The molecule has 0 bridgehead atoms. The van der Waals surface area contributed by atoms with Crippen LogP contribution in [-0.4, -0.2) is 41.3 Å². The van der Waals surface area contributed by atoms with Crippen LogP contribution in [0.1, 0.15) is 43.2 Å². The van der Waals surface area contributed by atoms with Crippen LogP contribution in [0, 0.1) is 0 Å². The molecule has 116 valence electrons. The number of aryl methyl sites for hydroxylation is 1. The molecule has 0 aliphatic rings. The molecule has 0 aliphatic carbocycles. The van der Waals surface area contributed by atoms with Gasteiger partial charge in [0.25, 0.3) is 5.91 Å². The van der Waals surface area contributed by atoms with E-state index in [1.54, 1.807) is 11.0 Å². The molecule has 5 nitrogen and oxygen atoms in total. The predicted molar refractivity (Wildman–Crippen MR) is 83.5 cm³/mol. The van der Waals surface area contributed by atoms with Crippen LogP contribution in [0.2, 0.25) is 5.15 Å². The molecule has 1 N–H and O–H groups in total. The van der Waals surface area contributed by atoms with Gasteiger partial charge in [-0.3, -0.25) is 9.59 Å². The van der Waals surface area contributed by atoms with Gasteiger partial charge in [0.1, 0.15) is 5.15 Å². The third-order valence-corrected chi connectivity index (χ3v) is 3.33. The number of aromatic nitrogens is 1. The van der Waals surface area contributed by atoms with E-state index in [-0.39, 0.29) is 18.4 Å². The molecule has 0 saturated heterocycles. The highest BCUT2D eigenvalue weighted by atomic mass is 35.5. The first-order valence-corrected chi connectivity index (χ1v) is 7.62. The summed E-state index contributed by atoms with van der Waals surface area (Å²) in [6.07, 6.45) is 1.69. The lowest BCUT2D eigenvalue weighted by Gasteiger charge is -2.18. The van der Waals surface area contributed by atoms with Crippen LogP contribution in [0.15, 0.2) is 12.1 Å². The maximum Gasteiger partial charge on any atom is 0.251 e. The van der Waals surface area contributed by atoms with Crippen LogP contribution in [-0.2, 0) is 11.2 Å². The minimum absolute atomic E-state index is 0.0104.